The zero-order valence-corrected chi connectivity index (χ0v) is 12.5. The van der Waals surface area contributed by atoms with Crippen LogP contribution in [0.5, 0.6) is 0 Å². The van der Waals surface area contributed by atoms with Gasteiger partial charge in [0, 0.05) is 6.04 Å². The molecule has 1 aromatic carbocycles. The van der Waals surface area contributed by atoms with Gasteiger partial charge in [-0.1, -0.05) is 32.9 Å². The lowest BCUT2D eigenvalue weighted by molar-refractivity contribution is 0.264. The standard InChI is InChI=1S/C17H27N/c1-11-6-14(17(3,4)5)7-12(2)16(11)10-13-8-15(18)9-13/h6-7,13,15H,8-10,18H2,1-5H3. The van der Waals surface area contributed by atoms with Gasteiger partial charge in [-0.05, 0) is 66.7 Å². The molecular formula is C17H27N. The smallest absolute Gasteiger partial charge is 0.00443 e. The van der Waals surface area contributed by atoms with E-state index in [9.17, 15) is 0 Å². The second-order valence-corrected chi connectivity index (χ2v) is 7.14. The van der Waals surface area contributed by atoms with E-state index < -0.39 is 0 Å². The van der Waals surface area contributed by atoms with E-state index in [4.69, 9.17) is 5.73 Å². The van der Waals surface area contributed by atoms with E-state index in [0.29, 0.717) is 6.04 Å². The largest absolute Gasteiger partial charge is 0.328 e. The van der Waals surface area contributed by atoms with Crippen molar-refractivity contribution in [1.29, 1.82) is 0 Å². The molecule has 0 saturated heterocycles. The molecule has 0 heterocycles. The Balaban J connectivity index is 2.21. The van der Waals surface area contributed by atoms with E-state index >= 15 is 0 Å². The van der Waals surface area contributed by atoms with Crippen molar-refractivity contribution < 1.29 is 0 Å². The first kappa shape index (κ1) is 13.6. The highest BCUT2D eigenvalue weighted by Gasteiger charge is 2.27. The molecule has 18 heavy (non-hydrogen) atoms. The fraction of sp³-hybridized carbons (Fsp3) is 0.647. The van der Waals surface area contributed by atoms with Crippen molar-refractivity contribution >= 4 is 0 Å². The van der Waals surface area contributed by atoms with Crippen LogP contribution in [-0.2, 0) is 11.8 Å². The van der Waals surface area contributed by atoms with Crippen molar-refractivity contribution in [2.24, 2.45) is 11.7 Å². The third-order valence-electron chi connectivity index (χ3n) is 4.33. The summed E-state index contributed by atoms with van der Waals surface area (Å²) in [5, 5.41) is 0. The molecule has 1 aromatic rings. The molecule has 0 bridgehead atoms. The van der Waals surface area contributed by atoms with Crippen LogP contribution in [0.3, 0.4) is 0 Å². The van der Waals surface area contributed by atoms with E-state index in [1.165, 1.54) is 36.0 Å². The highest BCUT2D eigenvalue weighted by Crippen LogP contribution is 2.33. The SMILES string of the molecule is Cc1cc(C(C)(C)C)cc(C)c1CC1CC(N)C1. The van der Waals surface area contributed by atoms with Crippen molar-refractivity contribution in [2.45, 2.75) is 65.3 Å². The van der Waals surface area contributed by atoms with Crippen LogP contribution >= 0.6 is 0 Å². The van der Waals surface area contributed by atoms with Crippen molar-refractivity contribution in [3.63, 3.8) is 0 Å². The summed E-state index contributed by atoms with van der Waals surface area (Å²) in [5.74, 6) is 0.817. The number of rotatable bonds is 2. The van der Waals surface area contributed by atoms with E-state index in [1.807, 2.05) is 0 Å². The molecule has 100 valence electrons. The lowest BCUT2D eigenvalue weighted by atomic mass is 9.75. The van der Waals surface area contributed by atoms with Crippen LogP contribution in [0.15, 0.2) is 12.1 Å². The summed E-state index contributed by atoms with van der Waals surface area (Å²) in [5.41, 5.74) is 12.0. The van der Waals surface area contributed by atoms with Gasteiger partial charge in [0.15, 0.2) is 0 Å². The fourth-order valence-electron chi connectivity index (χ4n) is 2.99. The highest BCUT2D eigenvalue weighted by molar-refractivity contribution is 5.40. The van der Waals surface area contributed by atoms with Gasteiger partial charge in [-0.3, -0.25) is 0 Å². The fourth-order valence-corrected chi connectivity index (χ4v) is 2.99. The lowest BCUT2D eigenvalue weighted by Crippen LogP contribution is -2.37. The summed E-state index contributed by atoms with van der Waals surface area (Å²) in [6.45, 7) is 11.4. The molecular weight excluding hydrogens is 218 g/mol. The van der Waals surface area contributed by atoms with Crippen LogP contribution in [-0.4, -0.2) is 6.04 Å². The summed E-state index contributed by atoms with van der Waals surface area (Å²) in [6.07, 6.45) is 3.63. The Morgan fingerprint density at radius 1 is 1.11 bits per heavy atom. The van der Waals surface area contributed by atoms with E-state index in [1.54, 1.807) is 5.56 Å². The zero-order chi connectivity index (χ0) is 13.5. The number of hydrogen-bond donors (Lipinski definition) is 1. The summed E-state index contributed by atoms with van der Waals surface area (Å²) in [7, 11) is 0. The maximum absolute atomic E-state index is 5.88. The van der Waals surface area contributed by atoms with Gasteiger partial charge in [0.1, 0.15) is 0 Å². The van der Waals surface area contributed by atoms with Gasteiger partial charge in [0.2, 0.25) is 0 Å². The minimum atomic E-state index is 0.243. The van der Waals surface area contributed by atoms with E-state index in [0.717, 1.165) is 5.92 Å². The molecule has 0 unspecified atom stereocenters. The van der Waals surface area contributed by atoms with Gasteiger partial charge in [-0.25, -0.2) is 0 Å². The predicted molar refractivity (Wildman–Crippen MR) is 79.0 cm³/mol. The Morgan fingerprint density at radius 3 is 2.00 bits per heavy atom. The topological polar surface area (TPSA) is 26.0 Å². The first-order chi connectivity index (χ1) is 8.27. The van der Waals surface area contributed by atoms with Crippen LogP contribution < -0.4 is 5.73 Å². The summed E-state index contributed by atoms with van der Waals surface area (Å²) < 4.78 is 0. The van der Waals surface area contributed by atoms with Crippen LogP contribution in [0.4, 0.5) is 0 Å². The van der Waals surface area contributed by atoms with Crippen LogP contribution in [0.2, 0.25) is 0 Å². The van der Waals surface area contributed by atoms with Crippen LogP contribution in [0, 0.1) is 19.8 Å². The lowest BCUT2D eigenvalue weighted by Gasteiger charge is -2.33. The second kappa shape index (κ2) is 4.70. The summed E-state index contributed by atoms with van der Waals surface area (Å²) in [6, 6.07) is 5.21. The van der Waals surface area contributed by atoms with Gasteiger partial charge in [0.05, 0.1) is 0 Å². The predicted octanol–water partition coefficient (Wildman–Crippen LogP) is 3.88. The average molecular weight is 245 g/mol. The maximum Gasteiger partial charge on any atom is 0.00443 e. The Kier molecular flexibility index (Phi) is 3.55. The van der Waals surface area contributed by atoms with E-state index in [-0.39, 0.29) is 5.41 Å². The molecule has 1 heteroatoms. The molecule has 1 aliphatic carbocycles. The van der Waals surface area contributed by atoms with Gasteiger partial charge in [-0.15, -0.1) is 0 Å². The second-order valence-electron chi connectivity index (χ2n) is 7.14. The number of nitrogens with two attached hydrogens (primary N) is 1. The monoisotopic (exact) mass is 245 g/mol. The van der Waals surface area contributed by atoms with Crippen LogP contribution in [0.1, 0.15) is 55.9 Å². The Bertz CT molecular complexity index is 410. The Hall–Kier alpha value is -0.820. The zero-order valence-electron chi connectivity index (χ0n) is 12.5. The van der Waals surface area contributed by atoms with Gasteiger partial charge in [-0.2, -0.15) is 0 Å². The van der Waals surface area contributed by atoms with Crippen molar-refractivity contribution in [1.82, 2.24) is 0 Å². The molecule has 0 aliphatic heterocycles. The third kappa shape index (κ3) is 2.77. The third-order valence-corrected chi connectivity index (χ3v) is 4.33. The minimum absolute atomic E-state index is 0.243. The Morgan fingerprint density at radius 2 is 1.61 bits per heavy atom. The molecule has 0 aromatic heterocycles. The van der Waals surface area contributed by atoms with Crippen LogP contribution in [0.25, 0.3) is 0 Å². The first-order valence-electron chi connectivity index (χ1n) is 7.13. The highest BCUT2D eigenvalue weighted by atomic mass is 14.7. The molecule has 2 rings (SSSR count). The van der Waals surface area contributed by atoms with Gasteiger partial charge < -0.3 is 5.73 Å². The van der Waals surface area contributed by atoms with Crippen molar-refractivity contribution in [2.75, 3.05) is 0 Å². The first-order valence-corrected chi connectivity index (χ1v) is 7.13. The molecule has 2 N–H and O–H groups in total. The minimum Gasteiger partial charge on any atom is -0.328 e. The number of aryl methyl sites for hydroxylation is 2. The van der Waals surface area contributed by atoms with E-state index in [2.05, 4.69) is 46.8 Å². The molecule has 1 aliphatic rings. The molecule has 1 saturated carbocycles. The number of benzene rings is 1. The molecule has 0 spiro atoms. The summed E-state index contributed by atoms with van der Waals surface area (Å²) >= 11 is 0. The summed E-state index contributed by atoms with van der Waals surface area (Å²) in [4.78, 5) is 0. The van der Waals surface area contributed by atoms with Crippen molar-refractivity contribution in [3.8, 4) is 0 Å². The molecule has 1 nitrogen and oxygen atoms in total. The number of hydrogen-bond acceptors (Lipinski definition) is 1. The Labute approximate surface area is 112 Å². The van der Waals surface area contributed by atoms with Gasteiger partial charge in [0.25, 0.3) is 0 Å². The molecule has 0 amide bonds. The molecule has 1 fully saturated rings. The van der Waals surface area contributed by atoms with Crippen molar-refractivity contribution in [3.05, 3.63) is 34.4 Å². The molecule has 0 radical (unpaired) electrons. The molecule has 0 atom stereocenters. The average Bonchev–Trinajstić information content (AvgIpc) is 2.18. The van der Waals surface area contributed by atoms with Gasteiger partial charge >= 0.3 is 0 Å². The maximum atomic E-state index is 5.88. The quantitative estimate of drug-likeness (QED) is 0.840. The normalized spacial score (nSPS) is 23.9.